The fourth-order valence-corrected chi connectivity index (χ4v) is 3.98. The number of rotatable bonds is 6. The maximum Gasteiger partial charge on any atom is 0.125 e. The maximum absolute atomic E-state index is 10.7. The van der Waals surface area contributed by atoms with Crippen LogP contribution in [-0.4, -0.2) is 25.4 Å². The van der Waals surface area contributed by atoms with Crippen LogP contribution in [0.1, 0.15) is 33.4 Å². The van der Waals surface area contributed by atoms with Crippen LogP contribution in [0.5, 0.6) is 5.75 Å². The summed E-state index contributed by atoms with van der Waals surface area (Å²) in [4.78, 5) is 2.45. The van der Waals surface area contributed by atoms with Crippen LogP contribution < -0.4 is 4.74 Å². The molecule has 112 valence electrons. The molecule has 1 aromatic heterocycles. The topological polar surface area (TPSA) is 38.7 Å². The highest BCUT2D eigenvalue weighted by molar-refractivity contribution is 7.12. The van der Waals surface area contributed by atoms with E-state index in [2.05, 4.69) is 6.07 Å². The van der Waals surface area contributed by atoms with E-state index in [0.29, 0.717) is 13.2 Å². The van der Waals surface area contributed by atoms with Crippen molar-refractivity contribution in [1.82, 2.24) is 0 Å². The molecule has 21 heavy (non-hydrogen) atoms. The predicted molar refractivity (Wildman–Crippen MR) is 84.2 cm³/mol. The first-order valence-electron chi connectivity index (χ1n) is 7.30. The molecule has 2 aromatic rings. The molecular weight excluding hydrogens is 284 g/mol. The van der Waals surface area contributed by atoms with Crippen molar-refractivity contribution in [2.45, 2.75) is 25.4 Å². The molecule has 1 aliphatic carbocycles. The van der Waals surface area contributed by atoms with E-state index in [9.17, 15) is 5.11 Å². The highest BCUT2D eigenvalue weighted by Gasteiger charge is 2.21. The van der Waals surface area contributed by atoms with Gasteiger partial charge in [-0.1, -0.05) is 18.2 Å². The van der Waals surface area contributed by atoms with Gasteiger partial charge in [-0.3, -0.25) is 0 Å². The summed E-state index contributed by atoms with van der Waals surface area (Å²) in [5, 5.41) is 10.7. The Morgan fingerprint density at radius 2 is 2.10 bits per heavy atom. The van der Waals surface area contributed by atoms with Crippen LogP contribution in [-0.2, 0) is 17.6 Å². The molecule has 0 saturated carbocycles. The molecule has 3 rings (SSSR count). The number of thiophene rings is 1. The summed E-state index contributed by atoms with van der Waals surface area (Å²) in [6, 6.07) is 9.84. The van der Waals surface area contributed by atoms with Gasteiger partial charge in [-0.25, -0.2) is 0 Å². The zero-order chi connectivity index (χ0) is 14.7. The number of fused-ring (bicyclic) bond motifs is 1. The third kappa shape index (κ3) is 3.12. The van der Waals surface area contributed by atoms with Crippen LogP contribution in [0.2, 0.25) is 0 Å². The molecule has 0 radical (unpaired) electrons. The first-order valence-corrected chi connectivity index (χ1v) is 8.11. The molecule has 1 N–H and O–H groups in total. The predicted octanol–water partition coefficient (Wildman–Crippen LogP) is 3.34. The fourth-order valence-electron chi connectivity index (χ4n) is 2.71. The van der Waals surface area contributed by atoms with Gasteiger partial charge >= 0.3 is 0 Å². The lowest BCUT2D eigenvalue weighted by Crippen LogP contribution is -2.08. The summed E-state index contributed by atoms with van der Waals surface area (Å²) in [5.41, 5.74) is 2.24. The van der Waals surface area contributed by atoms with Crippen molar-refractivity contribution >= 4 is 11.3 Å². The zero-order valence-electron chi connectivity index (χ0n) is 12.2. The Hall–Kier alpha value is -1.36. The smallest absolute Gasteiger partial charge is 0.125 e. The average Bonchev–Trinajstić information content (AvgIpc) is 3.08. The summed E-state index contributed by atoms with van der Waals surface area (Å²) < 4.78 is 10.7. The summed E-state index contributed by atoms with van der Waals surface area (Å²) in [6.45, 7) is 1.03. The van der Waals surface area contributed by atoms with Crippen molar-refractivity contribution in [1.29, 1.82) is 0 Å². The average molecular weight is 304 g/mol. The van der Waals surface area contributed by atoms with Crippen LogP contribution >= 0.6 is 11.3 Å². The first-order chi connectivity index (χ1) is 10.3. The van der Waals surface area contributed by atoms with Gasteiger partial charge in [0.1, 0.15) is 18.5 Å². The minimum absolute atomic E-state index is 0.487. The molecule has 1 atom stereocenters. The van der Waals surface area contributed by atoms with Gasteiger partial charge in [0, 0.05) is 22.4 Å². The van der Waals surface area contributed by atoms with E-state index in [1.807, 2.05) is 24.3 Å². The lowest BCUT2D eigenvalue weighted by molar-refractivity contribution is 0.142. The van der Waals surface area contributed by atoms with E-state index in [1.165, 1.54) is 16.9 Å². The second-order valence-electron chi connectivity index (χ2n) is 5.23. The Kier molecular flexibility index (Phi) is 4.58. The standard InChI is InChI=1S/C17H20O3S/c1-19-9-10-20-14-7-3-2-6-13(14)17(18)16-11-12-5-4-8-15(12)21-16/h2-3,6-7,11,17-18H,4-5,8-10H2,1H3. The molecule has 4 heteroatoms. The lowest BCUT2D eigenvalue weighted by atomic mass is 10.1. The molecule has 0 aliphatic heterocycles. The van der Waals surface area contributed by atoms with Gasteiger partial charge in [0.15, 0.2) is 0 Å². The van der Waals surface area contributed by atoms with Crippen LogP contribution in [0.25, 0.3) is 0 Å². The molecule has 0 amide bonds. The van der Waals surface area contributed by atoms with Crippen molar-refractivity contribution in [2.24, 2.45) is 0 Å². The lowest BCUT2D eigenvalue weighted by Gasteiger charge is -2.15. The SMILES string of the molecule is COCCOc1ccccc1C(O)c1cc2c(s1)CCC2. The second kappa shape index (κ2) is 6.60. The summed E-state index contributed by atoms with van der Waals surface area (Å²) in [7, 11) is 1.65. The zero-order valence-corrected chi connectivity index (χ0v) is 13.0. The number of benzene rings is 1. The van der Waals surface area contributed by atoms with Crippen molar-refractivity contribution < 1.29 is 14.6 Å². The number of hydrogen-bond acceptors (Lipinski definition) is 4. The molecule has 0 bridgehead atoms. The number of aryl methyl sites for hydroxylation is 2. The third-order valence-electron chi connectivity index (χ3n) is 3.79. The van der Waals surface area contributed by atoms with Crippen molar-refractivity contribution in [3.8, 4) is 5.75 Å². The molecule has 3 nitrogen and oxygen atoms in total. The van der Waals surface area contributed by atoms with Gasteiger partial charge < -0.3 is 14.6 Å². The van der Waals surface area contributed by atoms with Gasteiger partial charge in [0.2, 0.25) is 0 Å². The molecule has 1 aromatic carbocycles. The number of methoxy groups -OCH3 is 1. The number of aliphatic hydroxyl groups is 1. The van der Waals surface area contributed by atoms with E-state index in [-0.39, 0.29) is 0 Å². The number of para-hydroxylation sites is 1. The maximum atomic E-state index is 10.7. The Labute approximate surface area is 129 Å². The molecule has 0 spiro atoms. The van der Waals surface area contributed by atoms with Crippen LogP contribution in [0.4, 0.5) is 0 Å². The summed E-state index contributed by atoms with van der Waals surface area (Å²) in [6.07, 6.45) is 2.93. The number of aliphatic hydroxyl groups excluding tert-OH is 1. The molecular formula is C17H20O3S. The van der Waals surface area contributed by atoms with E-state index in [4.69, 9.17) is 9.47 Å². The van der Waals surface area contributed by atoms with Crippen molar-refractivity contribution in [2.75, 3.05) is 20.3 Å². The van der Waals surface area contributed by atoms with E-state index in [1.54, 1.807) is 18.4 Å². The highest BCUT2D eigenvalue weighted by atomic mass is 32.1. The van der Waals surface area contributed by atoms with E-state index in [0.717, 1.165) is 29.0 Å². The van der Waals surface area contributed by atoms with E-state index >= 15 is 0 Å². The van der Waals surface area contributed by atoms with Crippen LogP contribution in [0.15, 0.2) is 30.3 Å². The molecule has 1 heterocycles. The van der Waals surface area contributed by atoms with Gasteiger partial charge in [-0.2, -0.15) is 0 Å². The Morgan fingerprint density at radius 3 is 2.90 bits per heavy atom. The first kappa shape index (κ1) is 14.6. The number of hydrogen-bond donors (Lipinski definition) is 1. The Bertz CT molecular complexity index is 584. The Morgan fingerprint density at radius 1 is 1.24 bits per heavy atom. The minimum atomic E-state index is -0.612. The fraction of sp³-hybridized carbons (Fsp3) is 0.412. The molecule has 1 unspecified atom stereocenters. The monoisotopic (exact) mass is 304 g/mol. The van der Waals surface area contributed by atoms with Crippen LogP contribution in [0, 0.1) is 0 Å². The van der Waals surface area contributed by atoms with Crippen molar-refractivity contribution in [3.05, 3.63) is 51.2 Å². The third-order valence-corrected chi connectivity index (χ3v) is 5.08. The van der Waals surface area contributed by atoms with Crippen LogP contribution in [0.3, 0.4) is 0 Å². The Balaban J connectivity index is 1.81. The van der Waals surface area contributed by atoms with Gasteiger partial charge in [0.25, 0.3) is 0 Å². The second-order valence-corrected chi connectivity index (χ2v) is 6.40. The van der Waals surface area contributed by atoms with Gasteiger partial charge in [-0.05, 0) is 37.0 Å². The molecule has 0 fully saturated rings. The van der Waals surface area contributed by atoms with Gasteiger partial charge in [0.05, 0.1) is 6.61 Å². The number of ether oxygens (including phenoxy) is 2. The molecule has 1 aliphatic rings. The highest BCUT2D eigenvalue weighted by Crippen LogP contribution is 2.38. The largest absolute Gasteiger partial charge is 0.491 e. The summed E-state index contributed by atoms with van der Waals surface area (Å²) in [5.74, 6) is 0.732. The minimum Gasteiger partial charge on any atom is -0.491 e. The van der Waals surface area contributed by atoms with Crippen molar-refractivity contribution in [3.63, 3.8) is 0 Å². The normalized spacial score (nSPS) is 15.0. The molecule has 0 saturated heterocycles. The van der Waals surface area contributed by atoms with E-state index < -0.39 is 6.10 Å². The summed E-state index contributed by atoms with van der Waals surface area (Å²) >= 11 is 1.73. The van der Waals surface area contributed by atoms with Gasteiger partial charge in [-0.15, -0.1) is 11.3 Å². The quantitative estimate of drug-likeness (QED) is 0.832.